The second-order valence-corrected chi connectivity index (χ2v) is 5.57. The quantitative estimate of drug-likeness (QED) is 0.804. The zero-order chi connectivity index (χ0) is 14.4. The molecule has 0 saturated heterocycles. The van der Waals surface area contributed by atoms with Gasteiger partial charge in [0.25, 0.3) is 0 Å². The molecule has 0 amide bonds. The second kappa shape index (κ2) is 7.24. The first-order valence-corrected chi connectivity index (χ1v) is 7.40. The van der Waals surface area contributed by atoms with Gasteiger partial charge in [0.2, 0.25) is 0 Å². The van der Waals surface area contributed by atoms with E-state index in [1.807, 2.05) is 24.9 Å². The van der Waals surface area contributed by atoms with Crippen LogP contribution in [-0.2, 0) is 19.6 Å². The van der Waals surface area contributed by atoms with Gasteiger partial charge in [-0.1, -0.05) is 20.8 Å². The van der Waals surface area contributed by atoms with Gasteiger partial charge in [-0.3, -0.25) is 0 Å². The van der Waals surface area contributed by atoms with Crippen molar-refractivity contribution in [2.24, 2.45) is 5.92 Å². The summed E-state index contributed by atoms with van der Waals surface area (Å²) in [6, 6.07) is 0. The lowest BCUT2D eigenvalue weighted by atomic mass is 10.2. The summed E-state index contributed by atoms with van der Waals surface area (Å²) < 4.78 is 4.40. The van der Waals surface area contributed by atoms with Crippen molar-refractivity contribution < 1.29 is 0 Å². The van der Waals surface area contributed by atoms with E-state index in [4.69, 9.17) is 0 Å². The van der Waals surface area contributed by atoms with Crippen molar-refractivity contribution in [3.8, 4) is 0 Å². The number of nitrogens with zero attached hydrogens (tertiary/aromatic N) is 4. The van der Waals surface area contributed by atoms with E-state index in [1.165, 1.54) is 5.69 Å². The molecule has 2 heterocycles. The average molecular weight is 275 g/mol. The third kappa shape index (κ3) is 3.93. The summed E-state index contributed by atoms with van der Waals surface area (Å²) in [4.78, 5) is 8.69. The highest BCUT2D eigenvalue weighted by Gasteiger charge is 2.07. The van der Waals surface area contributed by atoms with Gasteiger partial charge in [-0.05, 0) is 18.9 Å². The molecule has 2 rings (SSSR count). The lowest BCUT2D eigenvalue weighted by Gasteiger charge is -2.11. The van der Waals surface area contributed by atoms with E-state index < -0.39 is 0 Å². The Bertz CT molecular complexity index is 512. The van der Waals surface area contributed by atoms with Crippen LogP contribution in [0.2, 0.25) is 0 Å². The van der Waals surface area contributed by atoms with Crippen molar-refractivity contribution in [2.75, 3.05) is 6.54 Å². The molecule has 0 aliphatic heterocycles. The zero-order valence-electron chi connectivity index (χ0n) is 12.7. The van der Waals surface area contributed by atoms with Gasteiger partial charge in [0.15, 0.2) is 0 Å². The van der Waals surface area contributed by atoms with Crippen molar-refractivity contribution in [2.45, 2.75) is 46.8 Å². The van der Waals surface area contributed by atoms with Crippen molar-refractivity contribution in [3.63, 3.8) is 0 Å². The highest BCUT2D eigenvalue weighted by atomic mass is 15.1. The van der Waals surface area contributed by atoms with Gasteiger partial charge in [-0.15, -0.1) is 0 Å². The average Bonchev–Trinajstić information content (AvgIpc) is 3.01. The van der Waals surface area contributed by atoms with E-state index in [0.717, 1.165) is 38.4 Å². The monoisotopic (exact) mass is 275 g/mol. The Morgan fingerprint density at radius 3 is 2.90 bits per heavy atom. The number of rotatable bonds is 8. The Labute approximate surface area is 121 Å². The molecule has 0 radical (unpaired) electrons. The van der Waals surface area contributed by atoms with Gasteiger partial charge in [-0.25, -0.2) is 9.97 Å². The lowest BCUT2D eigenvalue weighted by molar-refractivity contribution is 0.529. The third-order valence-electron chi connectivity index (χ3n) is 3.23. The molecular formula is C15H25N5. The number of imidazole rings is 2. The number of hydrogen-bond acceptors (Lipinski definition) is 3. The molecule has 1 N–H and O–H groups in total. The van der Waals surface area contributed by atoms with Crippen LogP contribution in [0, 0.1) is 5.92 Å². The first-order chi connectivity index (χ1) is 9.70. The minimum atomic E-state index is 0.657. The van der Waals surface area contributed by atoms with Crippen LogP contribution in [0.4, 0.5) is 0 Å². The van der Waals surface area contributed by atoms with Gasteiger partial charge in [0.1, 0.15) is 5.82 Å². The van der Waals surface area contributed by atoms with E-state index in [0.29, 0.717) is 5.92 Å². The van der Waals surface area contributed by atoms with Crippen molar-refractivity contribution in [3.05, 3.63) is 36.4 Å². The molecule has 0 aliphatic carbocycles. The molecule has 0 bridgehead atoms. The minimum Gasteiger partial charge on any atom is -0.333 e. The van der Waals surface area contributed by atoms with E-state index >= 15 is 0 Å². The molecule has 2 aromatic heterocycles. The molecule has 110 valence electrons. The van der Waals surface area contributed by atoms with E-state index in [2.05, 4.69) is 45.2 Å². The van der Waals surface area contributed by atoms with Gasteiger partial charge in [0, 0.05) is 25.1 Å². The standard InChI is InChI=1S/C15H25N5/c1-4-6-20-12-17-9-14(20)11-19-7-5-18-15(19)10-16-8-13(2)3/h5,7,9,12-13,16H,4,6,8,10-11H2,1-3H3. The summed E-state index contributed by atoms with van der Waals surface area (Å²) in [5, 5.41) is 3.44. The minimum absolute atomic E-state index is 0.657. The van der Waals surface area contributed by atoms with E-state index in [1.54, 1.807) is 0 Å². The predicted molar refractivity (Wildman–Crippen MR) is 80.4 cm³/mol. The van der Waals surface area contributed by atoms with Crippen LogP contribution in [0.1, 0.15) is 38.7 Å². The molecule has 0 unspecified atom stereocenters. The highest BCUT2D eigenvalue weighted by molar-refractivity contribution is 5.03. The summed E-state index contributed by atoms with van der Waals surface area (Å²) in [5.74, 6) is 1.74. The number of aryl methyl sites for hydroxylation is 1. The molecular weight excluding hydrogens is 250 g/mol. The van der Waals surface area contributed by atoms with Crippen molar-refractivity contribution >= 4 is 0 Å². The SMILES string of the molecule is CCCn1cncc1Cn1ccnc1CNCC(C)C. The Kier molecular flexibility index (Phi) is 5.35. The number of hydrogen-bond donors (Lipinski definition) is 1. The zero-order valence-corrected chi connectivity index (χ0v) is 12.7. The van der Waals surface area contributed by atoms with Crippen LogP contribution in [-0.4, -0.2) is 25.6 Å². The van der Waals surface area contributed by atoms with Crippen LogP contribution in [0.25, 0.3) is 0 Å². The Morgan fingerprint density at radius 2 is 2.15 bits per heavy atom. The van der Waals surface area contributed by atoms with E-state index in [9.17, 15) is 0 Å². The van der Waals surface area contributed by atoms with Gasteiger partial charge >= 0.3 is 0 Å². The Balaban J connectivity index is 1.99. The molecule has 0 atom stereocenters. The highest BCUT2D eigenvalue weighted by Crippen LogP contribution is 2.07. The molecule has 0 saturated carbocycles. The summed E-state index contributed by atoms with van der Waals surface area (Å²) in [6.07, 6.45) is 8.88. The van der Waals surface area contributed by atoms with Crippen LogP contribution in [0.15, 0.2) is 24.9 Å². The fourth-order valence-electron chi connectivity index (χ4n) is 2.22. The molecule has 5 heteroatoms. The lowest BCUT2D eigenvalue weighted by Crippen LogP contribution is -2.21. The maximum absolute atomic E-state index is 4.44. The van der Waals surface area contributed by atoms with E-state index in [-0.39, 0.29) is 0 Å². The molecule has 2 aromatic rings. The summed E-state index contributed by atoms with van der Waals surface area (Å²) in [5.41, 5.74) is 1.23. The Morgan fingerprint density at radius 1 is 1.30 bits per heavy atom. The van der Waals surface area contributed by atoms with Crippen LogP contribution in [0.5, 0.6) is 0 Å². The van der Waals surface area contributed by atoms with Gasteiger partial charge in [-0.2, -0.15) is 0 Å². The fraction of sp³-hybridized carbons (Fsp3) is 0.600. The predicted octanol–water partition coefficient (Wildman–Crippen LogP) is 2.28. The number of nitrogens with one attached hydrogen (secondary N) is 1. The van der Waals surface area contributed by atoms with Crippen LogP contribution >= 0.6 is 0 Å². The first-order valence-electron chi connectivity index (χ1n) is 7.40. The molecule has 0 spiro atoms. The molecule has 0 aromatic carbocycles. The normalized spacial score (nSPS) is 11.4. The molecule has 20 heavy (non-hydrogen) atoms. The first kappa shape index (κ1) is 14.8. The van der Waals surface area contributed by atoms with Gasteiger partial charge in [0.05, 0.1) is 25.1 Å². The molecule has 0 fully saturated rings. The summed E-state index contributed by atoms with van der Waals surface area (Å²) in [6.45, 7) is 10.3. The second-order valence-electron chi connectivity index (χ2n) is 5.57. The summed E-state index contributed by atoms with van der Waals surface area (Å²) in [7, 11) is 0. The largest absolute Gasteiger partial charge is 0.333 e. The third-order valence-corrected chi connectivity index (χ3v) is 3.23. The number of aromatic nitrogens is 4. The van der Waals surface area contributed by atoms with Crippen LogP contribution < -0.4 is 5.32 Å². The fourth-order valence-corrected chi connectivity index (χ4v) is 2.22. The van der Waals surface area contributed by atoms with Crippen molar-refractivity contribution in [1.29, 1.82) is 0 Å². The maximum atomic E-state index is 4.44. The maximum Gasteiger partial charge on any atom is 0.123 e. The van der Waals surface area contributed by atoms with Gasteiger partial charge < -0.3 is 14.5 Å². The van der Waals surface area contributed by atoms with Crippen LogP contribution in [0.3, 0.4) is 0 Å². The smallest absolute Gasteiger partial charge is 0.123 e. The topological polar surface area (TPSA) is 47.7 Å². The molecule has 5 nitrogen and oxygen atoms in total. The van der Waals surface area contributed by atoms with Crippen molar-refractivity contribution in [1.82, 2.24) is 24.4 Å². The summed E-state index contributed by atoms with van der Waals surface area (Å²) >= 11 is 0. The molecule has 0 aliphatic rings. The Hall–Kier alpha value is -1.62.